The summed E-state index contributed by atoms with van der Waals surface area (Å²) in [5, 5.41) is 3.29. The molecule has 12 heavy (non-hydrogen) atoms. The maximum atomic E-state index is 12.9. The van der Waals surface area contributed by atoms with Crippen molar-refractivity contribution >= 4 is 0 Å². The van der Waals surface area contributed by atoms with E-state index in [4.69, 9.17) is 0 Å². The third kappa shape index (κ3) is 1.23. The average molecular weight is 165 g/mol. The van der Waals surface area contributed by atoms with Crippen molar-refractivity contribution in [3.05, 3.63) is 35.1 Å². The van der Waals surface area contributed by atoms with Gasteiger partial charge in [0.15, 0.2) is 0 Å². The smallest absolute Gasteiger partial charge is 0.126 e. The third-order valence-electron chi connectivity index (χ3n) is 2.41. The Hall–Kier alpha value is -0.890. The van der Waals surface area contributed by atoms with Crippen LogP contribution >= 0.6 is 0 Å². The van der Waals surface area contributed by atoms with Crippen molar-refractivity contribution in [3.8, 4) is 0 Å². The Bertz CT molecular complexity index is 292. The van der Waals surface area contributed by atoms with Gasteiger partial charge in [0.25, 0.3) is 0 Å². The molecule has 0 spiro atoms. The van der Waals surface area contributed by atoms with Crippen molar-refractivity contribution < 1.29 is 4.39 Å². The predicted octanol–water partition coefficient (Wildman–Crippen LogP) is 2.17. The normalized spacial score (nSPS) is 22.0. The Kier molecular flexibility index (Phi) is 1.85. The molecule has 1 N–H and O–H groups in total. The van der Waals surface area contributed by atoms with Crippen LogP contribution in [-0.4, -0.2) is 6.54 Å². The van der Waals surface area contributed by atoms with Gasteiger partial charge in [-0.2, -0.15) is 0 Å². The van der Waals surface area contributed by atoms with Gasteiger partial charge in [0.05, 0.1) is 0 Å². The lowest BCUT2D eigenvalue weighted by Crippen LogP contribution is -2.34. The van der Waals surface area contributed by atoms with Crippen LogP contribution in [0.4, 0.5) is 4.39 Å². The maximum absolute atomic E-state index is 12.9. The van der Waals surface area contributed by atoms with Gasteiger partial charge in [-0.3, -0.25) is 0 Å². The standard InChI is InChI=1S/C10H12FN/c1-7-6-8(2-3-9(7)11)10-4-5-12-10/h2-3,6,10,12H,4-5H2,1H3/t10-/m0/s1. The second-order valence-electron chi connectivity index (χ2n) is 3.30. The monoisotopic (exact) mass is 165 g/mol. The minimum absolute atomic E-state index is 0.113. The number of hydrogen-bond acceptors (Lipinski definition) is 1. The highest BCUT2D eigenvalue weighted by molar-refractivity contribution is 5.27. The molecule has 1 aliphatic rings. The van der Waals surface area contributed by atoms with E-state index in [9.17, 15) is 4.39 Å². The molecule has 1 heterocycles. The molecule has 1 aromatic carbocycles. The molecule has 0 unspecified atom stereocenters. The van der Waals surface area contributed by atoms with Crippen LogP contribution in [0.5, 0.6) is 0 Å². The van der Waals surface area contributed by atoms with E-state index < -0.39 is 0 Å². The van der Waals surface area contributed by atoms with Gasteiger partial charge in [0.1, 0.15) is 5.82 Å². The SMILES string of the molecule is Cc1cc([C@@H]2CCN2)ccc1F. The first-order valence-electron chi connectivity index (χ1n) is 4.27. The zero-order chi connectivity index (χ0) is 8.55. The highest BCUT2D eigenvalue weighted by Gasteiger charge is 2.18. The zero-order valence-electron chi connectivity index (χ0n) is 7.10. The van der Waals surface area contributed by atoms with Crippen molar-refractivity contribution in [2.75, 3.05) is 6.54 Å². The lowest BCUT2D eigenvalue weighted by Gasteiger charge is -2.28. The molecule has 0 radical (unpaired) electrons. The summed E-state index contributed by atoms with van der Waals surface area (Å²) in [6, 6.07) is 5.79. The molecular formula is C10H12FN. The van der Waals surface area contributed by atoms with Gasteiger partial charge in [-0.05, 0) is 37.1 Å². The highest BCUT2D eigenvalue weighted by Crippen LogP contribution is 2.23. The van der Waals surface area contributed by atoms with Crippen LogP contribution in [0.3, 0.4) is 0 Å². The van der Waals surface area contributed by atoms with E-state index in [1.165, 1.54) is 12.0 Å². The Balaban J connectivity index is 2.27. The van der Waals surface area contributed by atoms with Crippen LogP contribution in [0.25, 0.3) is 0 Å². The molecule has 1 saturated heterocycles. The summed E-state index contributed by atoms with van der Waals surface area (Å²) in [5.74, 6) is -0.113. The molecule has 0 amide bonds. The Labute approximate surface area is 71.6 Å². The molecule has 0 saturated carbocycles. The predicted molar refractivity (Wildman–Crippen MR) is 46.5 cm³/mol. The van der Waals surface area contributed by atoms with Crippen LogP contribution in [0, 0.1) is 12.7 Å². The third-order valence-corrected chi connectivity index (χ3v) is 2.41. The number of aryl methyl sites for hydroxylation is 1. The van der Waals surface area contributed by atoms with E-state index in [0.29, 0.717) is 6.04 Å². The fourth-order valence-corrected chi connectivity index (χ4v) is 1.46. The summed E-state index contributed by atoms with van der Waals surface area (Å²) in [7, 11) is 0. The molecule has 64 valence electrons. The van der Waals surface area contributed by atoms with E-state index in [-0.39, 0.29) is 5.82 Å². The minimum atomic E-state index is -0.113. The second kappa shape index (κ2) is 2.87. The zero-order valence-corrected chi connectivity index (χ0v) is 7.10. The van der Waals surface area contributed by atoms with Crippen molar-refractivity contribution in [1.29, 1.82) is 0 Å². The molecule has 0 bridgehead atoms. The molecular weight excluding hydrogens is 153 g/mol. The summed E-state index contributed by atoms with van der Waals surface area (Å²) in [6.07, 6.45) is 1.17. The number of benzene rings is 1. The lowest BCUT2D eigenvalue weighted by atomic mass is 9.97. The molecule has 1 atom stereocenters. The Morgan fingerprint density at radius 3 is 2.75 bits per heavy atom. The first kappa shape index (κ1) is 7.74. The Morgan fingerprint density at radius 1 is 1.50 bits per heavy atom. The first-order valence-corrected chi connectivity index (χ1v) is 4.27. The van der Waals surface area contributed by atoms with Crippen LogP contribution in [0.1, 0.15) is 23.6 Å². The van der Waals surface area contributed by atoms with Crippen LogP contribution in [0.2, 0.25) is 0 Å². The van der Waals surface area contributed by atoms with E-state index in [1.807, 2.05) is 12.1 Å². The molecule has 1 nitrogen and oxygen atoms in total. The van der Waals surface area contributed by atoms with Crippen LogP contribution in [-0.2, 0) is 0 Å². The van der Waals surface area contributed by atoms with Gasteiger partial charge in [-0.25, -0.2) is 4.39 Å². The van der Waals surface area contributed by atoms with E-state index >= 15 is 0 Å². The molecule has 2 rings (SSSR count). The Morgan fingerprint density at radius 2 is 2.25 bits per heavy atom. The highest BCUT2D eigenvalue weighted by atomic mass is 19.1. The molecule has 1 aromatic rings. The van der Waals surface area contributed by atoms with Crippen molar-refractivity contribution in [2.45, 2.75) is 19.4 Å². The molecule has 2 heteroatoms. The fraction of sp³-hybridized carbons (Fsp3) is 0.400. The molecule has 0 aliphatic carbocycles. The summed E-state index contributed by atoms with van der Waals surface area (Å²) in [4.78, 5) is 0. The van der Waals surface area contributed by atoms with E-state index in [1.54, 1.807) is 13.0 Å². The lowest BCUT2D eigenvalue weighted by molar-refractivity contribution is 0.382. The van der Waals surface area contributed by atoms with E-state index in [0.717, 1.165) is 12.1 Å². The second-order valence-corrected chi connectivity index (χ2v) is 3.30. The van der Waals surface area contributed by atoms with Gasteiger partial charge in [0.2, 0.25) is 0 Å². The van der Waals surface area contributed by atoms with Gasteiger partial charge >= 0.3 is 0 Å². The quantitative estimate of drug-likeness (QED) is 0.672. The van der Waals surface area contributed by atoms with Gasteiger partial charge < -0.3 is 5.32 Å². The number of rotatable bonds is 1. The maximum Gasteiger partial charge on any atom is 0.126 e. The first-order chi connectivity index (χ1) is 5.77. The van der Waals surface area contributed by atoms with Gasteiger partial charge in [-0.1, -0.05) is 12.1 Å². The van der Waals surface area contributed by atoms with Crippen molar-refractivity contribution in [2.24, 2.45) is 0 Å². The largest absolute Gasteiger partial charge is 0.310 e. The minimum Gasteiger partial charge on any atom is -0.310 e. The van der Waals surface area contributed by atoms with Crippen molar-refractivity contribution in [1.82, 2.24) is 5.32 Å². The number of hydrogen-bond donors (Lipinski definition) is 1. The summed E-state index contributed by atoms with van der Waals surface area (Å²) in [6.45, 7) is 2.89. The molecule has 0 aromatic heterocycles. The topological polar surface area (TPSA) is 12.0 Å². The van der Waals surface area contributed by atoms with Gasteiger partial charge in [-0.15, -0.1) is 0 Å². The number of halogens is 1. The fourth-order valence-electron chi connectivity index (χ4n) is 1.46. The molecule has 1 aliphatic heterocycles. The van der Waals surface area contributed by atoms with E-state index in [2.05, 4.69) is 5.32 Å². The molecule has 1 fully saturated rings. The summed E-state index contributed by atoms with van der Waals surface area (Å²) in [5.41, 5.74) is 1.95. The van der Waals surface area contributed by atoms with Crippen molar-refractivity contribution in [3.63, 3.8) is 0 Å². The van der Waals surface area contributed by atoms with Gasteiger partial charge in [0, 0.05) is 6.04 Å². The van der Waals surface area contributed by atoms with Crippen LogP contribution < -0.4 is 5.32 Å². The summed E-state index contributed by atoms with van der Waals surface area (Å²) >= 11 is 0. The summed E-state index contributed by atoms with van der Waals surface area (Å²) < 4.78 is 12.9. The van der Waals surface area contributed by atoms with Crippen LogP contribution in [0.15, 0.2) is 18.2 Å². The number of nitrogens with one attached hydrogen (secondary N) is 1. The average Bonchev–Trinajstić information content (AvgIpc) is 1.93.